The molecule has 0 unspecified atom stereocenters. The Bertz CT molecular complexity index is 96.7. The average molecular weight is 204 g/mol. The van der Waals surface area contributed by atoms with Crippen molar-refractivity contribution in [1.82, 2.24) is 0 Å². The maximum atomic E-state index is 8.79. The van der Waals surface area contributed by atoms with Crippen LogP contribution >= 0.6 is 0 Å². The predicted molar refractivity (Wildman–Crippen MR) is 57.2 cm³/mol. The molecular formula is C11H24O3. The summed E-state index contributed by atoms with van der Waals surface area (Å²) in [5.74, 6) is 0. The number of ether oxygens (including phenoxy) is 2. The second-order valence-corrected chi connectivity index (χ2v) is 3.39. The number of aliphatic hydroxyl groups excluding tert-OH is 1. The van der Waals surface area contributed by atoms with Gasteiger partial charge in [-0.1, -0.05) is 26.7 Å². The highest BCUT2D eigenvalue weighted by Gasteiger charge is 2.07. The normalized spacial score (nSPS) is 11.1. The van der Waals surface area contributed by atoms with Crippen LogP contribution in [-0.2, 0) is 9.47 Å². The van der Waals surface area contributed by atoms with Crippen LogP contribution in [0, 0.1) is 0 Å². The molecule has 86 valence electrons. The molecule has 0 aromatic rings. The van der Waals surface area contributed by atoms with E-state index in [2.05, 4.69) is 13.8 Å². The standard InChI is InChI=1S/C11H24O3/c1-3-5-9-13-11(7-8-12)14-10-6-4-2/h11-12H,3-10H2,1-2H3. The zero-order chi connectivity index (χ0) is 10.6. The van der Waals surface area contributed by atoms with Crippen LogP contribution < -0.4 is 0 Å². The minimum atomic E-state index is -0.210. The first-order valence-corrected chi connectivity index (χ1v) is 5.69. The molecule has 0 aromatic carbocycles. The van der Waals surface area contributed by atoms with Gasteiger partial charge in [-0.25, -0.2) is 0 Å². The third kappa shape index (κ3) is 8.48. The van der Waals surface area contributed by atoms with E-state index in [1.165, 1.54) is 0 Å². The van der Waals surface area contributed by atoms with E-state index in [4.69, 9.17) is 14.6 Å². The Morgan fingerprint density at radius 3 is 1.86 bits per heavy atom. The topological polar surface area (TPSA) is 38.7 Å². The fourth-order valence-electron chi connectivity index (χ4n) is 1.04. The van der Waals surface area contributed by atoms with E-state index in [0.717, 1.165) is 38.9 Å². The summed E-state index contributed by atoms with van der Waals surface area (Å²) in [6.45, 7) is 5.84. The summed E-state index contributed by atoms with van der Waals surface area (Å²) >= 11 is 0. The van der Waals surface area contributed by atoms with Gasteiger partial charge in [0, 0.05) is 26.2 Å². The zero-order valence-corrected chi connectivity index (χ0v) is 9.50. The lowest BCUT2D eigenvalue weighted by Gasteiger charge is -2.17. The van der Waals surface area contributed by atoms with Gasteiger partial charge < -0.3 is 14.6 Å². The predicted octanol–water partition coefficient (Wildman–Crippen LogP) is 2.33. The van der Waals surface area contributed by atoms with Crippen LogP contribution in [0.3, 0.4) is 0 Å². The summed E-state index contributed by atoms with van der Waals surface area (Å²) in [4.78, 5) is 0. The van der Waals surface area contributed by atoms with Gasteiger partial charge in [0.15, 0.2) is 6.29 Å². The highest BCUT2D eigenvalue weighted by molar-refractivity contribution is 4.45. The molecular weight excluding hydrogens is 180 g/mol. The van der Waals surface area contributed by atoms with E-state index in [0.29, 0.717) is 6.42 Å². The van der Waals surface area contributed by atoms with Gasteiger partial charge in [-0.2, -0.15) is 0 Å². The van der Waals surface area contributed by atoms with Crippen molar-refractivity contribution < 1.29 is 14.6 Å². The fourth-order valence-corrected chi connectivity index (χ4v) is 1.04. The van der Waals surface area contributed by atoms with Crippen LogP contribution in [-0.4, -0.2) is 31.2 Å². The largest absolute Gasteiger partial charge is 0.396 e. The minimum Gasteiger partial charge on any atom is -0.396 e. The first-order valence-electron chi connectivity index (χ1n) is 5.69. The van der Waals surface area contributed by atoms with E-state index in [1.54, 1.807) is 0 Å². The first-order chi connectivity index (χ1) is 6.85. The fraction of sp³-hybridized carbons (Fsp3) is 1.00. The van der Waals surface area contributed by atoms with Gasteiger partial charge in [-0.3, -0.25) is 0 Å². The molecule has 0 bridgehead atoms. The molecule has 0 atom stereocenters. The number of unbranched alkanes of at least 4 members (excludes halogenated alkanes) is 2. The lowest BCUT2D eigenvalue weighted by molar-refractivity contribution is -0.151. The molecule has 0 saturated heterocycles. The molecule has 0 aromatic heterocycles. The molecule has 0 aliphatic heterocycles. The molecule has 0 aliphatic rings. The van der Waals surface area contributed by atoms with Crippen molar-refractivity contribution in [3.63, 3.8) is 0 Å². The second kappa shape index (κ2) is 11.0. The Labute approximate surface area is 87.4 Å². The van der Waals surface area contributed by atoms with Crippen molar-refractivity contribution in [2.45, 2.75) is 52.2 Å². The van der Waals surface area contributed by atoms with Crippen LogP contribution in [0.4, 0.5) is 0 Å². The smallest absolute Gasteiger partial charge is 0.159 e. The Kier molecular flexibility index (Phi) is 10.9. The van der Waals surface area contributed by atoms with E-state index in [-0.39, 0.29) is 12.9 Å². The number of hydrogen-bond acceptors (Lipinski definition) is 3. The van der Waals surface area contributed by atoms with Gasteiger partial charge in [-0.05, 0) is 12.8 Å². The molecule has 1 N–H and O–H groups in total. The van der Waals surface area contributed by atoms with E-state index >= 15 is 0 Å². The average Bonchev–Trinajstić information content (AvgIpc) is 2.18. The molecule has 3 nitrogen and oxygen atoms in total. The summed E-state index contributed by atoms with van der Waals surface area (Å²) in [5, 5.41) is 8.79. The Morgan fingerprint density at radius 2 is 1.50 bits per heavy atom. The summed E-state index contributed by atoms with van der Waals surface area (Å²) < 4.78 is 11.0. The molecule has 0 amide bonds. The molecule has 0 saturated carbocycles. The second-order valence-electron chi connectivity index (χ2n) is 3.39. The lowest BCUT2D eigenvalue weighted by Crippen LogP contribution is -2.20. The minimum absolute atomic E-state index is 0.128. The third-order valence-corrected chi connectivity index (χ3v) is 1.97. The molecule has 3 heteroatoms. The van der Waals surface area contributed by atoms with Gasteiger partial charge in [0.2, 0.25) is 0 Å². The van der Waals surface area contributed by atoms with Crippen molar-refractivity contribution in [3.05, 3.63) is 0 Å². The van der Waals surface area contributed by atoms with Crippen LogP contribution in [0.15, 0.2) is 0 Å². The zero-order valence-electron chi connectivity index (χ0n) is 9.50. The Hall–Kier alpha value is -0.120. The van der Waals surface area contributed by atoms with Crippen molar-refractivity contribution >= 4 is 0 Å². The van der Waals surface area contributed by atoms with Crippen molar-refractivity contribution in [3.8, 4) is 0 Å². The van der Waals surface area contributed by atoms with Crippen LogP contribution in [0.1, 0.15) is 46.0 Å². The van der Waals surface area contributed by atoms with Gasteiger partial charge in [0.1, 0.15) is 0 Å². The van der Waals surface area contributed by atoms with Gasteiger partial charge in [-0.15, -0.1) is 0 Å². The maximum Gasteiger partial charge on any atom is 0.159 e. The highest BCUT2D eigenvalue weighted by atomic mass is 16.7. The first kappa shape index (κ1) is 13.9. The van der Waals surface area contributed by atoms with Gasteiger partial charge in [0.05, 0.1) is 0 Å². The lowest BCUT2D eigenvalue weighted by atomic mass is 10.3. The van der Waals surface area contributed by atoms with Crippen LogP contribution in [0.25, 0.3) is 0 Å². The third-order valence-electron chi connectivity index (χ3n) is 1.97. The van der Waals surface area contributed by atoms with E-state index < -0.39 is 0 Å². The number of aliphatic hydroxyl groups is 1. The van der Waals surface area contributed by atoms with Crippen molar-refractivity contribution in [1.29, 1.82) is 0 Å². The summed E-state index contributed by atoms with van der Waals surface area (Å²) in [7, 11) is 0. The van der Waals surface area contributed by atoms with Crippen LogP contribution in [0.2, 0.25) is 0 Å². The van der Waals surface area contributed by atoms with Crippen LogP contribution in [0.5, 0.6) is 0 Å². The summed E-state index contributed by atoms with van der Waals surface area (Å²) in [6.07, 6.45) is 4.73. The molecule has 0 rings (SSSR count). The summed E-state index contributed by atoms with van der Waals surface area (Å²) in [5.41, 5.74) is 0. The molecule has 0 heterocycles. The molecule has 14 heavy (non-hydrogen) atoms. The number of rotatable bonds is 10. The molecule has 0 aliphatic carbocycles. The van der Waals surface area contributed by atoms with Crippen molar-refractivity contribution in [2.24, 2.45) is 0 Å². The molecule has 0 radical (unpaired) electrons. The highest BCUT2D eigenvalue weighted by Crippen LogP contribution is 2.03. The maximum absolute atomic E-state index is 8.79. The van der Waals surface area contributed by atoms with E-state index in [9.17, 15) is 0 Å². The van der Waals surface area contributed by atoms with Crippen molar-refractivity contribution in [2.75, 3.05) is 19.8 Å². The quantitative estimate of drug-likeness (QED) is 0.438. The molecule has 0 fully saturated rings. The summed E-state index contributed by atoms with van der Waals surface area (Å²) in [6, 6.07) is 0. The monoisotopic (exact) mass is 204 g/mol. The number of hydrogen-bond donors (Lipinski definition) is 1. The van der Waals surface area contributed by atoms with Gasteiger partial charge in [0.25, 0.3) is 0 Å². The SMILES string of the molecule is CCCCOC(CCO)OCCCC. The van der Waals surface area contributed by atoms with Gasteiger partial charge >= 0.3 is 0 Å². The Balaban J connectivity index is 3.44. The van der Waals surface area contributed by atoms with E-state index in [1.807, 2.05) is 0 Å². The molecule has 0 spiro atoms. The Morgan fingerprint density at radius 1 is 1.00 bits per heavy atom.